The number of non-ortho nitro benzene ring substituents is 1. The second-order valence-electron chi connectivity index (χ2n) is 6.28. The fraction of sp³-hybridized carbons (Fsp3) is 0.0909. The van der Waals surface area contributed by atoms with E-state index in [2.05, 4.69) is 4.99 Å². The van der Waals surface area contributed by atoms with Crippen molar-refractivity contribution in [3.8, 4) is 5.75 Å². The zero-order valence-corrected chi connectivity index (χ0v) is 15.5. The van der Waals surface area contributed by atoms with Crippen LogP contribution in [-0.2, 0) is 9.53 Å². The van der Waals surface area contributed by atoms with Crippen molar-refractivity contribution in [2.75, 3.05) is 6.61 Å². The van der Waals surface area contributed by atoms with Gasteiger partial charge in [-0.15, -0.1) is 0 Å². The zero-order chi connectivity index (χ0) is 20.4. The molecule has 0 atom stereocenters. The van der Waals surface area contributed by atoms with Crippen LogP contribution in [0.2, 0.25) is 0 Å². The number of carbonyl (C=O) groups is 1. The molecule has 0 aromatic heterocycles. The molecular formula is C22H16N2O5. The van der Waals surface area contributed by atoms with Crippen molar-refractivity contribution in [3.05, 3.63) is 87.6 Å². The van der Waals surface area contributed by atoms with Gasteiger partial charge in [-0.05, 0) is 35.9 Å². The SMILES string of the molecule is CCOc1ccc2ccccc2c1C=C1N=C(c2cccc([N+](=O)[O-])c2)OC1=O. The highest BCUT2D eigenvalue weighted by molar-refractivity contribution is 6.13. The van der Waals surface area contributed by atoms with Gasteiger partial charge < -0.3 is 9.47 Å². The molecule has 7 nitrogen and oxygen atoms in total. The van der Waals surface area contributed by atoms with Gasteiger partial charge in [-0.1, -0.05) is 36.4 Å². The molecule has 3 aromatic carbocycles. The number of carbonyl (C=O) groups excluding carboxylic acids is 1. The summed E-state index contributed by atoms with van der Waals surface area (Å²) in [5.41, 5.74) is 1.08. The van der Waals surface area contributed by atoms with Gasteiger partial charge in [0.1, 0.15) is 5.75 Å². The first-order chi connectivity index (χ1) is 14.1. The number of fused-ring (bicyclic) bond motifs is 1. The molecule has 0 amide bonds. The Labute approximate surface area is 166 Å². The summed E-state index contributed by atoms with van der Waals surface area (Å²) in [5, 5.41) is 12.9. The van der Waals surface area contributed by atoms with Crippen molar-refractivity contribution in [1.29, 1.82) is 0 Å². The monoisotopic (exact) mass is 388 g/mol. The Morgan fingerprint density at radius 3 is 2.76 bits per heavy atom. The number of esters is 1. The Balaban J connectivity index is 1.81. The van der Waals surface area contributed by atoms with Crippen molar-refractivity contribution < 1.29 is 19.2 Å². The maximum atomic E-state index is 12.4. The fourth-order valence-electron chi connectivity index (χ4n) is 3.13. The van der Waals surface area contributed by atoms with Crippen molar-refractivity contribution >= 4 is 34.4 Å². The van der Waals surface area contributed by atoms with E-state index in [1.165, 1.54) is 18.2 Å². The average molecular weight is 388 g/mol. The second-order valence-corrected chi connectivity index (χ2v) is 6.28. The number of ether oxygens (including phenoxy) is 2. The largest absolute Gasteiger partial charge is 0.493 e. The minimum atomic E-state index is -0.623. The first-order valence-corrected chi connectivity index (χ1v) is 8.98. The van der Waals surface area contributed by atoms with Crippen LogP contribution in [0.15, 0.2) is 71.4 Å². The van der Waals surface area contributed by atoms with E-state index in [0.29, 0.717) is 17.9 Å². The lowest BCUT2D eigenvalue weighted by atomic mass is 10.0. The summed E-state index contributed by atoms with van der Waals surface area (Å²) in [6.45, 7) is 2.36. The molecule has 0 unspecified atom stereocenters. The van der Waals surface area contributed by atoms with Crippen LogP contribution in [0.4, 0.5) is 5.69 Å². The summed E-state index contributed by atoms with van der Waals surface area (Å²) in [4.78, 5) is 27.2. The quantitative estimate of drug-likeness (QED) is 0.278. The van der Waals surface area contributed by atoms with Gasteiger partial charge >= 0.3 is 5.97 Å². The van der Waals surface area contributed by atoms with Crippen LogP contribution >= 0.6 is 0 Å². The number of nitro groups is 1. The Morgan fingerprint density at radius 1 is 1.14 bits per heavy atom. The molecule has 1 aliphatic rings. The first kappa shape index (κ1) is 18.4. The fourth-order valence-corrected chi connectivity index (χ4v) is 3.13. The molecule has 0 spiro atoms. The maximum absolute atomic E-state index is 12.4. The molecule has 4 rings (SSSR count). The minimum absolute atomic E-state index is 0.0307. The lowest BCUT2D eigenvalue weighted by Gasteiger charge is -2.10. The van der Waals surface area contributed by atoms with E-state index >= 15 is 0 Å². The predicted octanol–water partition coefficient (Wildman–Crippen LogP) is 4.49. The number of aliphatic imine (C=N–C) groups is 1. The lowest BCUT2D eigenvalue weighted by molar-refractivity contribution is -0.384. The molecule has 0 aliphatic carbocycles. The van der Waals surface area contributed by atoms with E-state index in [1.807, 2.05) is 43.3 Å². The van der Waals surface area contributed by atoms with Gasteiger partial charge in [0.2, 0.25) is 5.90 Å². The molecule has 29 heavy (non-hydrogen) atoms. The number of benzene rings is 3. The van der Waals surface area contributed by atoms with Crippen molar-refractivity contribution in [1.82, 2.24) is 0 Å². The smallest absolute Gasteiger partial charge is 0.363 e. The summed E-state index contributed by atoms with van der Waals surface area (Å²) >= 11 is 0. The molecular weight excluding hydrogens is 372 g/mol. The van der Waals surface area contributed by atoms with Gasteiger partial charge in [0.25, 0.3) is 5.69 Å². The highest BCUT2D eigenvalue weighted by Crippen LogP contribution is 2.32. The van der Waals surface area contributed by atoms with Gasteiger partial charge in [0.15, 0.2) is 5.70 Å². The second kappa shape index (κ2) is 7.55. The normalized spacial score (nSPS) is 14.7. The first-order valence-electron chi connectivity index (χ1n) is 8.98. The molecule has 0 bridgehead atoms. The maximum Gasteiger partial charge on any atom is 0.363 e. The van der Waals surface area contributed by atoms with E-state index in [1.54, 1.807) is 12.1 Å². The van der Waals surface area contributed by atoms with Crippen LogP contribution in [-0.4, -0.2) is 23.4 Å². The number of nitrogens with zero attached hydrogens (tertiary/aromatic N) is 2. The summed E-state index contributed by atoms with van der Waals surface area (Å²) in [6.07, 6.45) is 1.63. The summed E-state index contributed by atoms with van der Waals surface area (Å²) in [5.74, 6) is 0.0375. The van der Waals surface area contributed by atoms with Crippen molar-refractivity contribution in [3.63, 3.8) is 0 Å². The third-order valence-electron chi connectivity index (χ3n) is 4.44. The molecule has 0 fully saturated rings. The summed E-state index contributed by atoms with van der Waals surface area (Å²) in [7, 11) is 0. The van der Waals surface area contributed by atoms with Gasteiger partial charge in [-0.25, -0.2) is 9.79 Å². The van der Waals surface area contributed by atoms with Gasteiger partial charge in [-0.3, -0.25) is 10.1 Å². The molecule has 0 N–H and O–H groups in total. The highest BCUT2D eigenvalue weighted by Gasteiger charge is 2.26. The van der Waals surface area contributed by atoms with E-state index in [-0.39, 0.29) is 17.3 Å². The molecule has 7 heteroatoms. The average Bonchev–Trinajstić information content (AvgIpc) is 3.10. The third kappa shape index (κ3) is 3.58. The standard InChI is InChI=1S/C22H16N2O5/c1-2-28-20-11-10-14-6-3-4-9-17(14)18(20)13-19-22(25)29-21(23-19)15-7-5-8-16(12-15)24(26)27/h3-13H,2H2,1H3. The molecule has 1 aliphatic heterocycles. The van der Waals surface area contributed by atoms with E-state index < -0.39 is 10.9 Å². The third-order valence-corrected chi connectivity index (χ3v) is 4.44. The number of hydrogen-bond donors (Lipinski definition) is 0. The van der Waals surface area contributed by atoms with Gasteiger partial charge in [0, 0.05) is 23.3 Å². The topological polar surface area (TPSA) is 91.0 Å². The highest BCUT2D eigenvalue weighted by atomic mass is 16.6. The summed E-state index contributed by atoms with van der Waals surface area (Å²) in [6, 6.07) is 17.4. The van der Waals surface area contributed by atoms with E-state index in [9.17, 15) is 14.9 Å². The summed E-state index contributed by atoms with van der Waals surface area (Å²) < 4.78 is 11.0. The molecule has 0 saturated carbocycles. The zero-order valence-electron chi connectivity index (χ0n) is 15.5. The predicted molar refractivity (Wildman–Crippen MR) is 109 cm³/mol. The van der Waals surface area contributed by atoms with Crippen molar-refractivity contribution in [2.45, 2.75) is 6.92 Å². The molecule has 1 heterocycles. The number of nitro benzene ring substituents is 1. The van der Waals surface area contributed by atoms with E-state index in [4.69, 9.17) is 9.47 Å². The lowest BCUT2D eigenvalue weighted by Crippen LogP contribution is -2.05. The van der Waals surface area contributed by atoms with E-state index in [0.717, 1.165) is 16.3 Å². The molecule has 0 radical (unpaired) electrons. The molecule has 3 aromatic rings. The van der Waals surface area contributed by atoms with Gasteiger partial charge in [-0.2, -0.15) is 0 Å². The number of rotatable bonds is 5. The van der Waals surface area contributed by atoms with Crippen LogP contribution < -0.4 is 4.74 Å². The minimum Gasteiger partial charge on any atom is -0.493 e. The van der Waals surface area contributed by atoms with Crippen LogP contribution in [0.25, 0.3) is 16.8 Å². The Bertz CT molecular complexity index is 1200. The Kier molecular flexibility index (Phi) is 4.78. The number of hydrogen-bond acceptors (Lipinski definition) is 6. The van der Waals surface area contributed by atoms with Crippen LogP contribution in [0, 0.1) is 10.1 Å². The molecule has 0 saturated heterocycles. The van der Waals surface area contributed by atoms with Crippen LogP contribution in [0.3, 0.4) is 0 Å². The molecule has 144 valence electrons. The Hall–Kier alpha value is -4.00. The number of cyclic esters (lactones) is 1. The van der Waals surface area contributed by atoms with Crippen LogP contribution in [0.5, 0.6) is 5.75 Å². The van der Waals surface area contributed by atoms with Crippen LogP contribution in [0.1, 0.15) is 18.1 Å². The van der Waals surface area contributed by atoms with Gasteiger partial charge in [0.05, 0.1) is 11.5 Å². The Morgan fingerprint density at radius 2 is 1.97 bits per heavy atom. The van der Waals surface area contributed by atoms with Crippen molar-refractivity contribution in [2.24, 2.45) is 4.99 Å².